The molecular formula is C28H29Cl2N3O2S. The minimum atomic E-state index is -0.114. The maximum atomic E-state index is 13.2. The van der Waals surface area contributed by atoms with Crippen LogP contribution in [-0.2, 0) is 11.2 Å². The predicted octanol–water partition coefficient (Wildman–Crippen LogP) is 5.77. The monoisotopic (exact) mass is 541 g/mol. The Morgan fingerprint density at radius 1 is 0.917 bits per heavy atom. The van der Waals surface area contributed by atoms with Crippen LogP contribution >= 0.6 is 34.5 Å². The van der Waals surface area contributed by atoms with Gasteiger partial charge in [0.15, 0.2) is 0 Å². The summed E-state index contributed by atoms with van der Waals surface area (Å²) in [6.07, 6.45) is 2.25. The molecule has 1 aromatic heterocycles. The average molecular weight is 543 g/mol. The van der Waals surface area contributed by atoms with Gasteiger partial charge in [0.1, 0.15) is 0 Å². The average Bonchev–Trinajstić information content (AvgIpc) is 3.22. The lowest BCUT2D eigenvalue weighted by Gasteiger charge is -2.36. The van der Waals surface area contributed by atoms with Gasteiger partial charge < -0.3 is 9.80 Å². The topological polar surface area (TPSA) is 43.9 Å². The van der Waals surface area contributed by atoms with Gasteiger partial charge in [-0.2, -0.15) is 0 Å². The molecule has 0 aliphatic carbocycles. The van der Waals surface area contributed by atoms with E-state index in [4.69, 9.17) is 23.2 Å². The fraction of sp³-hybridized carbons (Fsp3) is 0.357. The zero-order valence-corrected chi connectivity index (χ0v) is 22.4. The van der Waals surface area contributed by atoms with Gasteiger partial charge in [-0.1, -0.05) is 53.5 Å². The number of carbonyl (C=O) groups excluding carboxylic acids is 2. The van der Waals surface area contributed by atoms with E-state index in [2.05, 4.69) is 40.6 Å². The molecule has 0 radical (unpaired) electrons. The molecular weight excluding hydrogens is 513 g/mol. The van der Waals surface area contributed by atoms with Crippen molar-refractivity contribution in [1.82, 2.24) is 14.7 Å². The van der Waals surface area contributed by atoms with E-state index < -0.39 is 0 Å². The molecule has 0 saturated carbocycles. The Bertz CT molecular complexity index is 1230. The lowest BCUT2D eigenvalue weighted by atomic mass is 9.93. The molecule has 0 unspecified atom stereocenters. The molecule has 0 bridgehead atoms. The Balaban J connectivity index is 1.21. The van der Waals surface area contributed by atoms with Gasteiger partial charge in [-0.15, -0.1) is 11.3 Å². The van der Waals surface area contributed by atoms with Crippen molar-refractivity contribution in [2.45, 2.75) is 25.3 Å². The second kappa shape index (κ2) is 11.3. The molecule has 0 N–H and O–H groups in total. The van der Waals surface area contributed by atoms with E-state index in [0.29, 0.717) is 54.8 Å². The number of fused-ring (bicyclic) bond motifs is 1. The molecule has 0 spiro atoms. The molecule has 36 heavy (non-hydrogen) atoms. The van der Waals surface area contributed by atoms with Crippen molar-refractivity contribution in [1.29, 1.82) is 0 Å². The van der Waals surface area contributed by atoms with Gasteiger partial charge in [0.05, 0.1) is 16.6 Å². The van der Waals surface area contributed by atoms with Crippen molar-refractivity contribution in [3.8, 4) is 0 Å². The second-order valence-corrected chi connectivity index (χ2v) is 11.1. The highest BCUT2D eigenvalue weighted by Gasteiger charge is 2.30. The molecule has 1 fully saturated rings. The summed E-state index contributed by atoms with van der Waals surface area (Å²) in [6, 6.07) is 17.9. The van der Waals surface area contributed by atoms with E-state index in [1.807, 2.05) is 22.3 Å². The van der Waals surface area contributed by atoms with Gasteiger partial charge >= 0.3 is 0 Å². The summed E-state index contributed by atoms with van der Waals surface area (Å²) >= 11 is 14.1. The Kier molecular flexibility index (Phi) is 7.96. The van der Waals surface area contributed by atoms with Crippen LogP contribution in [0.15, 0.2) is 60.0 Å². The first-order valence-electron chi connectivity index (χ1n) is 12.4. The Morgan fingerprint density at radius 3 is 2.50 bits per heavy atom. The highest BCUT2D eigenvalue weighted by molar-refractivity contribution is 7.10. The van der Waals surface area contributed by atoms with Crippen LogP contribution in [0.25, 0.3) is 0 Å². The van der Waals surface area contributed by atoms with Crippen molar-refractivity contribution < 1.29 is 9.59 Å². The molecule has 2 amide bonds. The van der Waals surface area contributed by atoms with Crippen LogP contribution in [0.1, 0.15) is 45.2 Å². The molecule has 2 aromatic carbocycles. The predicted molar refractivity (Wildman–Crippen MR) is 146 cm³/mol. The lowest BCUT2D eigenvalue weighted by molar-refractivity contribution is -0.131. The summed E-state index contributed by atoms with van der Waals surface area (Å²) in [7, 11) is 0. The number of hydrogen-bond donors (Lipinski definition) is 0. The third kappa shape index (κ3) is 5.47. The number of hydrogen-bond acceptors (Lipinski definition) is 4. The maximum absolute atomic E-state index is 13.2. The van der Waals surface area contributed by atoms with Crippen molar-refractivity contribution in [2.24, 2.45) is 0 Å². The molecule has 5 nitrogen and oxygen atoms in total. The largest absolute Gasteiger partial charge is 0.341 e. The van der Waals surface area contributed by atoms with Crippen LogP contribution in [-0.4, -0.2) is 65.8 Å². The van der Waals surface area contributed by atoms with E-state index in [1.54, 1.807) is 23.1 Å². The number of benzene rings is 2. The van der Waals surface area contributed by atoms with E-state index in [0.717, 1.165) is 19.4 Å². The molecule has 3 heterocycles. The van der Waals surface area contributed by atoms with Gasteiger partial charge in [-0.25, -0.2) is 0 Å². The van der Waals surface area contributed by atoms with Gasteiger partial charge in [-0.05, 0) is 53.6 Å². The van der Waals surface area contributed by atoms with Gasteiger partial charge in [0.25, 0.3) is 5.91 Å². The molecule has 188 valence electrons. The Labute approximate surface area is 226 Å². The van der Waals surface area contributed by atoms with Crippen molar-refractivity contribution in [2.75, 3.05) is 39.3 Å². The number of amides is 2. The molecule has 1 saturated heterocycles. The first-order valence-corrected chi connectivity index (χ1v) is 14.0. The van der Waals surface area contributed by atoms with Crippen molar-refractivity contribution >= 4 is 46.4 Å². The summed E-state index contributed by atoms with van der Waals surface area (Å²) in [5.74, 6) is 0.0355. The number of carbonyl (C=O) groups is 2. The first kappa shape index (κ1) is 25.3. The van der Waals surface area contributed by atoms with Crippen LogP contribution in [0, 0.1) is 0 Å². The van der Waals surface area contributed by atoms with Gasteiger partial charge in [0, 0.05) is 55.6 Å². The van der Waals surface area contributed by atoms with Crippen LogP contribution in [0.5, 0.6) is 0 Å². The quantitative estimate of drug-likeness (QED) is 0.412. The molecule has 8 heteroatoms. The first-order chi connectivity index (χ1) is 17.5. The molecule has 2 aliphatic heterocycles. The van der Waals surface area contributed by atoms with Gasteiger partial charge in [0.2, 0.25) is 5.91 Å². The Hall–Kier alpha value is -2.38. The summed E-state index contributed by atoms with van der Waals surface area (Å²) in [4.78, 5) is 33.9. The van der Waals surface area contributed by atoms with Gasteiger partial charge in [-0.3, -0.25) is 14.5 Å². The number of rotatable bonds is 5. The summed E-state index contributed by atoms with van der Waals surface area (Å²) < 4.78 is 0. The van der Waals surface area contributed by atoms with Crippen LogP contribution in [0.3, 0.4) is 0 Å². The highest BCUT2D eigenvalue weighted by atomic mass is 35.5. The summed E-state index contributed by atoms with van der Waals surface area (Å²) in [5.41, 5.74) is 3.09. The number of thiophene rings is 1. The number of halogens is 2. The fourth-order valence-corrected chi connectivity index (χ4v) is 6.63. The molecule has 1 atom stereocenters. The fourth-order valence-electron chi connectivity index (χ4n) is 5.24. The van der Waals surface area contributed by atoms with E-state index in [9.17, 15) is 9.59 Å². The minimum absolute atomic E-state index is 0.114. The highest BCUT2D eigenvalue weighted by Crippen LogP contribution is 2.37. The van der Waals surface area contributed by atoms with Crippen molar-refractivity contribution in [3.05, 3.63) is 91.6 Å². The van der Waals surface area contributed by atoms with E-state index in [1.165, 1.54) is 16.0 Å². The van der Waals surface area contributed by atoms with Crippen LogP contribution in [0.4, 0.5) is 0 Å². The van der Waals surface area contributed by atoms with Crippen molar-refractivity contribution in [3.63, 3.8) is 0 Å². The smallest absolute Gasteiger partial charge is 0.255 e. The maximum Gasteiger partial charge on any atom is 0.255 e. The normalized spacial score (nSPS) is 18.6. The standard InChI is InChI=1S/C28H29Cl2N3O2S/c29-21-7-8-22(24(30)19-21)28(35)33-13-4-12-31(16-17-33)26(34)10-15-32-14-9-25-23(11-18-36-25)27(32)20-5-2-1-3-6-20/h1-3,5-8,11,18-19,27H,4,9-10,12-17H2/t27-/m0/s1. The molecule has 5 rings (SSSR count). The zero-order valence-electron chi connectivity index (χ0n) is 20.0. The van der Waals surface area contributed by atoms with E-state index >= 15 is 0 Å². The van der Waals surface area contributed by atoms with Crippen LogP contribution < -0.4 is 0 Å². The van der Waals surface area contributed by atoms with E-state index in [-0.39, 0.29) is 17.9 Å². The molecule has 2 aliphatic rings. The molecule has 3 aromatic rings. The SMILES string of the molecule is O=C(CCN1CCc2sccc2[C@@H]1c1ccccc1)N1CCCN(C(=O)c2ccc(Cl)cc2Cl)CC1. The third-order valence-electron chi connectivity index (χ3n) is 7.09. The lowest BCUT2D eigenvalue weighted by Crippen LogP contribution is -2.40. The number of nitrogens with zero attached hydrogens (tertiary/aromatic N) is 3. The van der Waals surface area contributed by atoms with Crippen LogP contribution in [0.2, 0.25) is 10.0 Å². The third-order valence-corrected chi connectivity index (χ3v) is 8.64. The zero-order chi connectivity index (χ0) is 25.1. The summed E-state index contributed by atoms with van der Waals surface area (Å²) in [5, 5.41) is 3.03. The Morgan fingerprint density at radius 2 is 1.69 bits per heavy atom. The minimum Gasteiger partial charge on any atom is -0.341 e. The second-order valence-electron chi connectivity index (χ2n) is 9.30. The summed E-state index contributed by atoms with van der Waals surface area (Å²) in [6.45, 7) is 3.96.